The van der Waals surface area contributed by atoms with E-state index in [9.17, 15) is 9.90 Å². The van der Waals surface area contributed by atoms with Gasteiger partial charge in [0.2, 0.25) is 5.91 Å². The molecule has 182 valence electrons. The summed E-state index contributed by atoms with van der Waals surface area (Å²) in [5, 5.41) is 15.9. The lowest BCUT2D eigenvalue weighted by Crippen LogP contribution is -2.48. The minimum absolute atomic E-state index is 0.0724. The molecule has 0 radical (unpaired) electrons. The summed E-state index contributed by atoms with van der Waals surface area (Å²) in [5.74, 6) is 5.19. The number of rotatable bonds is 2. The molecule has 8 rings (SSSR count). The van der Waals surface area contributed by atoms with Crippen LogP contribution < -0.4 is 5.43 Å². The van der Waals surface area contributed by atoms with Crippen LogP contribution in [0.4, 0.5) is 0 Å². The van der Waals surface area contributed by atoms with Crippen LogP contribution in [-0.2, 0) is 16.6 Å². The Morgan fingerprint density at radius 3 is 2.41 bits per heavy atom. The van der Waals surface area contributed by atoms with Gasteiger partial charge in [-0.05, 0) is 135 Å². The molecular formula is C30H40N2O2. The molecule has 3 unspecified atom stereocenters. The number of aromatic hydroxyl groups is 1. The number of hydrazone groups is 1. The van der Waals surface area contributed by atoms with Crippen molar-refractivity contribution in [2.24, 2.45) is 40.1 Å². The van der Waals surface area contributed by atoms with Gasteiger partial charge in [-0.2, -0.15) is 5.10 Å². The molecular weight excluding hydrogens is 420 g/mol. The van der Waals surface area contributed by atoms with Gasteiger partial charge in [0, 0.05) is 23.6 Å². The summed E-state index contributed by atoms with van der Waals surface area (Å²) >= 11 is 0. The van der Waals surface area contributed by atoms with Crippen LogP contribution in [0.5, 0.6) is 5.75 Å². The number of phenolic OH excluding ortho intramolecular Hbond substituents is 1. The second-order valence-corrected chi connectivity index (χ2v) is 13.4. The maximum Gasteiger partial charge on any atom is 0.236 e. The zero-order valence-corrected chi connectivity index (χ0v) is 20.9. The van der Waals surface area contributed by atoms with Crippen molar-refractivity contribution in [1.82, 2.24) is 5.43 Å². The number of hydrogen-bond acceptors (Lipinski definition) is 3. The Kier molecular flexibility index (Phi) is 4.63. The first-order valence-corrected chi connectivity index (χ1v) is 14.0. The number of nitrogens with zero attached hydrogens (tertiary/aromatic N) is 1. The highest BCUT2D eigenvalue weighted by atomic mass is 16.3. The molecule has 4 atom stereocenters. The number of amides is 1. The van der Waals surface area contributed by atoms with E-state index in [1.165, 1.54) is 74.6 Å². The fourth-order valence-electron chi connectivity index (χ4n) is 10.6. The van der Waals surface area contributed by atoms with E-state index in [1.807, 2.05) is 0 Å². The highest BCUT2D eigenvalue weighted by molar-refractivity contribution is 5.93. The number of nitrogens with one attached hydrogen (secondary N) is 1. The Hall–Kier alpha value is -1.84. The van der Waals surface area contributed by atoms with Crippen molar-refractivity contribution in [3.05, 3.63) is 28.8 Å². The second-order valence-electron chi connectivity index (χ2n) is 13.4. The van der Waals surface area contributed by atoms with Crippen LogP contribution in [0.15, 0.2) is 17.2 Å². The summed E-state index contributed by atoms with van der Waals surface area (Å²) < 4.78 is 0. The third kappa shape index (κ3) is 3.02. The van der Waals surface area contributed by atoms with Gasteiger partial charge in [0.05, 0.1) is 0 Å². The Balaban J connectivity index is 1.23. The summed E-state index contributed by atoms with van der Waals surface area (Å²) in [6.07, 6.45) is 15.2. The number of phenols is 1. The van der Waals surface area contributed by atoms with Gasteiger partial charge in [0.25, 0.3) is 0 Å². The van der Waals surface area contributed by atoms with Crippen molar-refractivity contribution in [3.63, 3.8) is 0 Å². The molecule has 0 heterocycles. The summed E-state index contributed by atoms with van der Waals surface area (Å²) in [5.41, 5.74) is 8.64. The van der Waals surface area contributed by atoms with Gasteiger partial charge in [-0.3, -0.25) is 4.79 Å². The van der Waals surface area contributed by atoms with Crippen molar-refractivity contribution in [3.8, 4) is 5.75 Å². The van der Waals surface area contributed by atoms with Crippen molar-refractivity contribution >= 4 is 11.6 Å². The fraction of sp³-hybridized carbons (Fsp3) is 0.733. The predicted octanol–water partition coefficient (Wildman–Crippen LogP) is 6.21. The topological polar surface area (TPSA) is 61.7 Å². The molecule has 1 aromatic rings. The molecule has 4 nitrogen and oxygen atoms in total. The van der Waals surface area contributed by atoms with Crippen LogP contribution in [0.3, 0.4) is 0 Å². The standard InChI is InChI=1S/C30H40N2O2/c1-17(33)31-32-28-6-5-25-23-4-3-21-12-27(34)26(13-24(21)22(23)7-8-29(25,28)2)30-14-18-9-19(15-30)11-20(10-18)16-30/h12-13,18-20,22-23,25,34H,3-11,14-16H2,1-2H3,(H,31,33)/b32-28+/t18?,19?,20?,22?,23?,25?,29-,30?/m0/s1. The van der Waals surface area contributed by atoms with E-state index in [-0.39, 0.29) is 16.7 Å². The number of carbonyl (C=O) groups is 1. The van der Waals surface area contributed by atoms with Crippen molar-refractivity contribution in [2.45, 2.75) is 102 Å². The van der Waals surface area contributed by atoms with E-state index in [1.54, 1.807) is 12.5 Å². The monoisotopic (exact) mass is 460 g/mol. The van der Waals surface area contributed by atoms with E-state index >= 15 is 0 Å². The average molecular weight is 461 g/mol. The van der Waals surface area contributed by atoms with Gasteiger partial charge < -0.3 is 5.11 Å². The second kappa shape index (κ2) is 7.34. The summed E-state index contributed by atoms with van der Waals surface area (Å²) in [6, 6.07) is 4.71. The molecule has 4 bridgehead atoms. The van der Waals surface area contributed by atoms with Crippen LogP contribution in [0.1, 0.15) is 107 Å². The molecule has 4 heteroatoms. The number of fused-ring (bicyclic) bond motifs is 5. The molecule has 6 fully saturated rings. The zero-order chi connectivity index (χ0) is 23.2. The summed E-state index contributed by atoms with van der Waals surface area (Å²) in [7, 11) is 0. The Morgan fingerprint density at radius 1 is 1.03 bits per heavy atom. The Labute approximate surface area is 204 Å². The van der Waals surface area contributed by atoms with E-state index in [0.717, 1.165) is 37.0 Å². The normalized spacial score (nSPS) is 45.1. The van der Waals surface area contributed by atoms with Gasteiger partial charge in [0.15, 0.2) is 0 Å². The number of aryl methyl sites for hydroxylation is 1. The van der Waals surface area contributed by atoms with Gasteiger partial charge in [0.1, 0.15) is 5.75 Å². The van der Waals surface area contributed by atoms with E-state index < -0.39 is 0 Å². The minimum atomic E-state index is -0.0724. The highest BCUT2D eigenvalue weighted by Crippen LogP contribution is 2.64. The van der Waals surface area contributed by atoms with Crippen LogP contribution in [0.2, 0.25) is 0 Å². The molecule has 7 aliphatic rings. The first kappa shape index (κ1) is 21.4. The zero-order valence-electron chi connectivity index (χ0n) is 20.9. The van der Waals surface area contributed by atoms with Crippen molar-refractivity contribution in [2.75, 3.05) is 0 Å². The van der Waals surface area contributed by atoms with Gasteiger partial charge in [-0.1, -0.05) is 13.0 Å². The van der Waals surface area contributed by atoms with Crippen LogP contribution in [0, 0.1) is 35.0 Å². The highest BCUT2D eigenvalue weighted by Gasteiger charge is 2.55. The lowest BCUT2D eigenvalue weighted by atomic mass is 9.47. The summed E-state index contributed by atoms with van der Waals surface area (Å²) in [4.78, 5) is 11.5. The molecule has 2 N–H and O–H groups in total. The molecule has 1 aromatic carbocycles. The van der Waals surface area contributed by atoms with Crippen LogP contribution in [0.25, 0.3) is 0 Å². The van der Waals surface area contributed by atoms with Gasteiger partial charge in [-0.15, -0.1) is 0 Å². The SMILES string of the molecule is CC(=O)N/N=C1\CCC2C3CCc4cc(O)c(C56CC7CC(CC(C7)C5)C6)cc4C3CC[C@]12C. The first-order chi connectivity index (χ1) is 16.3. The quantitative estimate of drug-likeness (QED) is 0.516. The maximum absolute atomic E-state index is 11.5. The predicted molar refractivity (Wildman–Crippen MR) is 134 cm³/mol. The van der Waals surface area contributed by atoms with Gasteiger partial charge in [-0.25, -0.2) is 5.43 Å². The average Bonchev–Trinajstić information content (AvgIpc) is 3.12. The lowest BCUT2D eigenvalue weighted by Gasteiger charge is -2.57. The molecule has 6 saturated carbocycles. The fourth-order valence-corrected chi connectivity index (χ4v) is 10.6. The minimum Gasteiger partial charge on any atom is -0.508 e. The van der Waals surface area contributed by atoms with Crippen molar-refractivity contribution < 1.29 is 9.90 Å². The molecule has 0 aromatic heterocycles. The molecule has 0 spiro atoms. The number of hydrogen-bond donors (Lipinski definition) is 2. The number of benzene rings is 1. The smallest absolute Gasteiger partial charge is 0.236 e. The van der Waals surface area contributed by atoms with Gasteiger partial charge >= 0.3 is 0 Å². The largest absolute Gasteiger partial charge is 0.508 e. The van der Waals surface area contributed by atoms with Crippen molar-refractivity contribution in [1.29, 1.82) is 0 Å². The molecule has 0 saturated heterocycles. The Bertz CT molecular complexity index is 1040. The molecule has 0 aliphatic heterocycles. The van der Waals surface area contributed by atoms with E-state index in [2.05, 4.69) is 29.6 Å². The van der Waals surface area contributed by atoms with Crippen LogP contribution in [-0.4, -0.2) is 16.7 Å². The molecule has 34 heavy (non-hydrogen) atoms. The van der Waals surface area contributed by atoms with Crippen LogP contribution >= 0.6 is 0 Å². The maximum atomic E-state index is 11.5. The summed E-state index contributed by atoms with van der Waals surface area (Å²) in [6.45, 7) is 3.96. The lowest BCUT2D eigenvalue weighted by molar-refractivity contribution is -0.118. The third-order valence-corrected chi connectivity index (χ3v) is 11.5. The molecule has 1 amide bonds. The van der Waals surface area contributed by atoms with E-state index in [0.29, 0.717) is 23.5 Å². The number of carbonyl (C=O) groups excluding carboxylic acids is 1. The van der Waals surface area contributed by atoms with E-state index in [4.69, 9.17) is 0 Å². The first-order valence-electron chi connectivity index (χ1n) is 14.0. The Morgan fingerprint density at radius 2 is 1.74 bits per heavy atom. The molecule has 7 aliphatic carbocycles. The third-order valence-electron chi connectivity index (χ3n) is 11.5.